The maximum Gasteiger partial charge on any atom is 0.305 e. The fourth-order valence-electron chi connectivity index (χ4n) is 4.82. The van der Waals surface area contributed by atoms with Gasteiger partial charge in [-0.3, -0.25) is 33.5 Å². The third-order valence-electron chi connectivity index (χ3n) is 7.59. The summed E-state index contributed by atoms with van der Waals surface area (Å²) in [7, 11) is 0.124. The summed E-state index contributed by atoms with van der Waals surface area (Å²) in [5.41, 5.74) is 14.3. The van der Waals surface area contributed by atoms with Gasteiger partial charge in [0.25, 0.3) is 0 Å². The van der Waals surface area contributed by atoms with Crippen molar-refractivity contribution in [3.05, 3.63) is 65.2 Å². The molecule has 0 bridgehead atoms. The third kappa shape index (κ3) is 14.9. The van der Waals surface area contributed by atoms with Crippen LogP contribution in [-0.4, -0.2) is 94.1 Å². The Bertz CT molecular complexity index is 1400. The normalized spacial score (nSPS) is 13.2. The molecule has 7 N–H and O–H groups in total. The number of nitrogens with two attached hydrogens (primary N) is 2. The molecule has 4 atom stereocenters. The van der Waals surface area contributed by atoms with Gasteiger partial charge in [0.05, 0.1) is 25.7 Å². The molecular formula is C33H48ClN5O8S. The highest BCUT2D eigenvalue weighted by atomic mass is 35.5. The van der Waals surface area contributed by atoms with E-state index in [1.54, 1.807) is 49.4 Å². The minimum Gasteiger partial charge on any atom is -0.508 e. The van der Waals surface area contributed by atoms with Gasteiger partial charge in [-0.2, -0.15) is 0 Å². The van der Waals surface area contributed by atoms with Gasteiger partial charge in [-0.05, 0) is 61.4 Å². The van der Waals surface area contributed by atoms with Crippen LogP contribution in [0.2, 0.25) is 0 Å². The number of aryl methyl sites for hydroxylation is 1. The number of unbranched alkanes of at least 4 members (excludes halogenated alkanes) is 2. The summed E-state index contributed by atoms with van der Waals surface area (Å²) < 4.78 is 16.2. The lowest BCUT2D eigenvalue weighted by Crippen LogP contribution is -2.56. The number of carbonyl (C=O) groups excluding carboxylic acids is 5. The van der Waals surface area contributed by atoms with E-state index in [1.165, 1.54) is 24.3 Å². The number of imide groups is 1. The van der Waals surface area contributed by atoms with Crippen LogP contribution < -0.4 is 22.1 Å². The molecule has 2 unspecified atom stereocenters. The van der Waals surface area contributed by atoms with E-state index in [0.717, 1.165) is 16.7 Å². The minimum absolute atomic E-state index is 0. The SMILES string of the molecule is COC(=O)CCCCCN(C(=O)CNC(=O)[C@@H](N)Cc1ccc(O)cc1C)[C@@H](Cc1ccccc1)C(=O)NC(=O)C(N)CCS(C)=O.Cl. The molecule has 266 valence electrons. The summed E-state index contributed by atoms with van der Waals surface area (Å²) >= 11 is 0. The maximum atomic E-state index is 13.7. The molecule has 0 saturated carbocycles. The molecule has 2 aromatic carbocycles. The van der Waals surface area contributed by atoms with Gasteiger partial charge in [-0.1, -0.05) is 42.8 Å². The molecule has 0 aromatic heterocycles. The van der Waals surface area contributed by atoms with E-state index in [0.29, 0.717) is 19.3 Å². The first-order valence-electron chi connectivity index (χ1n) is 15.4. The van der Waals surface area contributed by atoms with Gasteiger partial charge >= 0.3 is 5.97 Å². The van der Waals surface area contributed by atoms with Crippen LogP contribution in [-0.2, 0) is 52.4 Å². The molecule has 0 radical (unpaired) electrons. The lowest BCUT2D eigenvalue weighted by Gasteiger charge is -2.31. The number of carbonyl (C=O) groups is 5. The van der Waals surface area contributed by atoms with Crippen molar-refractivity contribution in [1.29, 1.82) is 0 Å². The second-order valence-corrected chi connectivity index (χ2v) is 12.9. The van der Waals surface area contributed by atoms with Gasteiger partial charge < -0.3 is 31.5 Å². The number of benzene rings is 2. The van der Waals surface area contributed by atoms with Crippen LogP contribution in [0, 0.1) is 6.92 Å². The Balaban J connectivity index is 0.0000115. The molecular weight excluding hydrogens is 662 g/mol. The molecule has 0 aliphatic carbocycles. The van der Waals surface area contributed by atoms with Crippen LogP contribution in [0.25, 0.3) is 0 Å². The zero-order valence-corrected chi connectivity index (χ0v) is 29.3. The molecule has 4 amide bonds. The van der Waals surface area contributed by atoms with Crippen LogP contribution in [0.5, 0.6) is 5.75 Å². The summed E-state index contributed by atoms with van der Waals surface area (Å²) in [4.78, 5) is 65.9. The number of phenols is 1. The zero-order chi connectivity index (χ0) is 34.9. The Morgan fingerprint density at radius 2 is 1.62 bits per heavy atom. The largest absolute Gasteiger partial charge is 0.508 e. The number of rotatable bonds is 19. The van der Waals surface area contributed by atoms with Crippen LogP contribution in [0.15, 0.2) is 48.5 Å². The monoisotopic (exact) mass is 709 g/mol. The molecule has 0 heterocycles. The maximum absolute atomic E-state index is 13.7. The van der Waals surface area contributed by atoms with Crippen molar-refractivity contribution >= 4 is 52.8 Å². The average Bonchev–Trinajstić information content (AvgIpc) is 3.04. The van der Waals surface area contributed by atoms with E-state index in [9.17, 15) is 33.3 Å². The molecule has 48 heavy (non-hydrogen) atoms. The van der Waals surface area contributed by atoms with Crippen molar-refractivity contribution in [3.63, 3.8) is 0 Å². The summed E-state index contributed by atoms with van der Waals surface area (Å²) in [5, 5.41) is 14.6. The summed E-state index contributed by atoms with van der Waals surface area (Å²) in [6, 6.07) is 10.5. The number of nitrogens with zero attached hydrogens (tertiary/aromatic N) is 1. The number of amides is 4. The Hall–Kier alpha value is -3.85. The number of ether oxygens (including phenoxy) is 1. The Morgan fingerprint density at radius 3 is 2.25 bits per heavy atom. The van der Waals surface area contributed by atoms with Crippen LogP contribution in [0.4, 0.5) is 0 Å². The molecule has 0 fully saturated rings. The number of phenolic OH excluding ortho intramolecular Hbond substituents is 1. The first-order chi connectivity index (χ1) is 22.3. The fraction of sp³-hybridized carbons (Fsp3) is 0.485. The second-order valence-electron chi connectivity index (χ2n) is 11.3. The van der Waals surface area contributed by atoms with Crippen LogP contribution in [0.3, 0.4) is 0 Å². The second kappa shape index (κ2) is 21.9. The number of methoxy groups -OCH3 is 1. The van der Waals surface area contributed by atoms with E-state index in [4.69, 9.17) is 11.5 Å². The van der Waals surface area contributed by atoms with Crippen molar-refractivity contribution in [1.82, 2.24) is 15.5 Å². The topological polar surface area (TPSA) is 211 Å². The molecule has 0 aliphatic heterocycles. The highest BCUT2D eigenvalue weighted by Crippen LogP contribution is 2.17. The number of aromatic hydroxyl groups is 1. The number of esters is 1. The van der Waals surface area contributed by atoms with E-state index >= 15 is 0 Å². The molecule has 0 aliphatic rings. The summed E-state index contributed by atoms with van der Waals surface area (Å²) in [6.45, 7) is 1.42. The average molecular weight is 710 g/mol. The van der Waals surface area contributed by atoms with Gasteiger partial charge in [-0.15, -0.1) is 12.4 Å². The molecule has 2 rings (SSSR count). The highest BCUT2D eigenvalue weighted by Gasteiger charge is 2.32. The molecule has 13 nitrogen and oxygen atoms in total. The molecule has 0 spiro atoms. The minimum atomic E-state index is -1.18. The predicted octanol–water partition coefficient (Wildman–Crippen LogP) is 1.02. The number of hydrogen-bond acceptors (Lipinski definition) is 10. The van der Waals surface area contributed by atoms with Gasteiger partial charge in [0.2, 0.25) is 23.6 Å². The fourth-order valence-corrected chi connectivity index (χ4v) is 5.41. The smallest absolute Gasteiger partial charge is 0.305 e. The van der Waals surface area contributed by atoms with Crippen LogP contribution >= 0.6 is 12.4 Å². The van der Waals surface area contributed by atoms with Gasteiger partial charge in [0, 0.05) is 42.2 Å². The summed E-state index contributed by atoms with van der Waals surface area (Å²) in [5.74, 6) is -2.75. The molecule has 15 heteroatoms. The van der Waals surface area contributed by atoms with Gasteiger partial charge in [0.1, 0.15) is 11.8 Å². The third-order valence-corrected chi connectivity index (χ3v) is 8.41. The Labute approximate surface area is 290 Å². The van der Waals surface area contributed by atoms with Gasteiger partial charge in [-0.25, -0.2) is 0 Å². The Morgan fingerprint density at radius 1 is 0.938 bits per heavy atom. The number of hydrogen-bond donors (Lipinski definition) is 5. The van der Waals surface area contributed by atoms with Crippen molar-refractivity contribution < 1.29 is 38.0 Å². The lowest BCUT2D eigenvalue weighted by molar-refractivity contribution is -0.143. The molecule has 0 saturated heterocycles. The van der Waals surface area contributed by atoms with Crippen molar-refractivity contribution in [2.24, 2.45) is 11.5 Å². The standard InChI is InChI=1S/C33H47N5O8S.ClH/c1-22-18-25(39)14-13-24(22)20-27(35)31(42)36-21-29(40)38(16-9-5-8-12-30(41)46-2)28(19-23-10-6-4-7-11-23)33(44)37-32(43)26(34)15-17-47(3)45;/h4,6-7,10-11,13-14,18,26-28,39H,5,8-9,12,15-17,19-21,34-35H2,1-3H3,(H,36,42)(H,37,43,44);1H/t26?,27-,28-,47?;/m0./s1. The Kier molecular flexibility index (Phi) is 19.3. The van der Waals surface area contributed by atoms with E-state index in [2.05, 4.69) is 15.4 Å². The first-order valence-corrected chi connectivity index (χ1v) is 17.2. The summed E-state index contributed by atoms with van der Waals surface area (Å²) in [6.07, 6.45) is 3.48. The zero-order valence-electron chi connectivity index (χ0n) is 27.6. The number of nitrogens with one attached hydrogen (secondary N) is 2. The van der Waals surface area contributed by atoms with E-state index in [-0.39, 0.29) is 62.1 Å². The lowest BCUT2D eigenvalue weighted by atomic mass is 10.0. The van der Waals surface area contributed by atoms with E-state index < -0.39 is 59.1 Å². The first kappa shape index (κ1) is 42.2. The van der Waals surface area contributed by atoms with Crippen molar-refractivity contribution in [2.45, 2.75) is 70.0 Å². The van der Waals surface area contributed by atoms with Gasteiger partial charge in [0.15, 0.2) is 0 Å². The highest BCUT2D eigenvalue weighted by molar-refractivity contribution is 7.84. The van der Waals surface area contributed by atoms with Crippen LogP contribution in [0.1, 0.15) is 48.8 Å². The van der Waals surface area contributed by atoms with Crippen molar-refractivity contribution in [2.75, 3.05) is 32.2 Å². The quantitative estimate of drug-likeness (QED) is 0.103. The predicted molar refractivity (Wildman–Crippen MR) is 186 cm³/mol. The van der Waals surface area contributed by atoms with Crippen molar-refractivity contribution in [3.8, 4) is 5.75 Å². The number of halogens is 1. The molecule has 2 aromatic rings. The van der Waals surface area contributed by atoms with E-state index in [1.807, 2.05) is 0 Å².